The van der Waals surface area contributed by atoms with Crippen LogP contribution in [0.25, 0.3) is 6.08 Å². The van der Waals surface area contributed by atoms with Gasteiger partial charge in [0, 0.05) is 22.7 Å². The molecule has 0 fully saturated rings. The number of carbonyl (C=O) groups excluding carboxylic acids is 1. The van der Waals surface area contributed by atoms with Gasteiger partial charge in [-0.2, -0.15) is 0 Å². The summed E-state index contributed by atoms with van der Waals surface area (Å²) in [5.41, 5.74) is 1.05. The van der Waals surface area contributed by atoms with E-state index in [0.29, 0.717) is 16.1 Å². The zero-order valence-electron chi connectivity index (χ0n) is 10.3. The van der Waals surface area contributed by atoms with E-state index in [4.69, 9.17) is 11.6 Å². The lowest BCUT2D eigenvalue weighted by molar-refractivity contribution is -0.384. The van der Waals surface area contributed by atoms with Crippen LogP contribution in [0.1, 0.15) is 15.9 Å². The Kier molecular flexibility index (Phi) is 4.27. The number of allylic oxidation sites excluding steroid dienone is 1. The van der Waals surface area contributed by atoms with Gasteiger partial charge in [0.25, 0.3) is 5.69 Å². The molecule has 4 nitrogen and oxygen atoms in total. The van der Waals surface area contributed by atoms with E-state index in [9.17, 15) is 14.9 Å². The van der Waals surface area contributed by atoms with Crippen LogP contribution >= 0.6 is 11.6 Å². The fraction of sp³-hybridized carbons (Fsp3) is 0. The molecule has 0 bridgehead atoms. The molecule has 0 aliphatic heterocycles. The minimum Gasteiger partial charge on any atom is -0.289 e. The van der Waals surface area contributed by atoms with Crippen LogP contribution in [0.2, 0.25) is 5.02 Å². The number of hydrogen-bond acceptors (Lipinski definition) is 3. The molecule has 2 rings (SSSR count). The zero-order valence-corrected chi connectivity index (χ0v) is 11.1. The maximum absolute atomic E-state index is 11.9. The number of nitro groups is 1. The molecule has 0 aliphatic rings. The number of carbonyl (C=O) groups is 1. The molecule has 0 aromatic heterocycles. The van der Waals surface area contributed by atoms with E-state index in [0.717, 1.165) is 0 Å². The minimum atomic E-state index is -0.476. The molecule has 0 N–H and O–H groups in total. The van der Waals surface area contributed by atoms with Crippen molar-refractivity contribution in [3.63, 3.8) is 0 Å². The predicted molar refractivity (Wildman–Crippen MR) is 77.9 cm³/mol. The quantitative estimate of drug-likeness (QED) is 0.367. The maximum atomic E-state index is 11.9. The Morgan fingerprint density at radius 2 is 1.90 bits per heavy atom. The highest BCUT2D eigenvalue weighted by molar-refractivity contribution is 6.31. The molecule has 0 saturated carbocycles. The number of rotatable bonds is 4. The lowest BCUT2D eigenvalue weighted by atomic mass is 10.1. The second kappa shape index (κ2) is 6.12. The number of non-ortho nitro benzene ring substituents is 1. The van der Waals surface area contributed by atoms with Gasteiger partial charge in [0.05, 0.1) is 4.92 Å². The standard InChI is InChI=1S/C15H10ClNO3/c16-13-5-2-4-12(10-13)15(18)8-7-11-3-1-6-14(9-11)17(19)20/h1-10H/b8-7+. The highest BCUT2D eigenvalue weighted by Gasteiger charge is 2.05. The number of nitrogens with zero attached hydrogens (tertiary/aromatic N) is 1. The lowest BCUT2D eigenvalue weighted by Gasteiger charge is -1.97. The van der Waals surface area contributed by atoms with Crippen molar-refractivity contribution >= 4 is 29.1 Å². The summed E-state index contributed by atoms with van der Waals surface area (Å²) in [6.45, 7) is 0. The highest BCUT2D eigenvalue weighted by Crippen LogP contribution is 2.15. The molecule has 0 radical (unpaired) electrons. The molecule has 0 unspecified atom stereocenters. The second-order valence-corrected chi connectivity index (χ2v) is 4.50. The van der Waals surface area contributed by atoms with Crippen LogP contribution in [0, 0.1) is 10.1 Å². The van der Waals surface area contributed by atoms with Gasteiger partial charge in [-0.25, -0.2) is 0 Å². The molecule has 0 spiro atoms. The van der Waals surface area contributed by atoms with Crippen LogP contribution in [0.4, 0.5) is 5.69 Å². The molecule has 0 atom stereocenters. The number of nitro benzene ring substituents is 1. The summed E-state index contributed by atoms with van der Waals surface area (Å²) < 4.78 is 0. The summed E-state index contributed by atoms with van der Waals surface area (Å²) in [5, 5.41) is 11.1. The van der Waals surface area contributed by atoms with Gasteiger partial charge in [0.1, 0.15) is 0 Å². The second-order valence-electron chi connectivity index (χ2n) is 4.06. The molecule has 0 saturated heterocycles. The monoisotopic (exact) mass is 287 g/mol. The summed E-state index contributed by atoms with van der Waals surface area (Å²) >= 11 is 5.81. The number of benzene rings is 2. The topological polar surface area (TPSA) is 60.2 Å². The Hall–Kier alpha value is -2.46. The lowest BCUT2D eigenvalue weighted by Crippen LogP contribution is -1.93. The van der Waals surface area contributed by atoms with Gasteiger partial charge in [0.15, 0.2) is 5.78 Å². The molecule has 2 aromatic carbocycles. The largest absolute Gasteiger partial charge is 0.289 e. The van der Waals surface area contributed by atoms with Gasteiger partial charge in [-0.15, -0.1) is 0 Å². The fourth-order valence-corrected chi connectivity index (χ4v) is 1.84. The first kappa shape index (κ1) is 14.0. The van der Waals surface area contributed by atoms with Crippen LogP contribution in [-0.2, 0) is 0 Å². The molecular weight excluding hydrogens is 278 g/mol. The molecule has 20 heavy (non-hydrogen) atoms. The average Bonchev–Trinajstić information content (AvgIpc) is 2.45. The van der Waals surface area contributed by atoms with Crippen LogP contribution in [-0.4, -0.2) is 10.7 Å². The predicted octanol–water partition coefficient (Wildman–Crippen LogP) is 4.14. The number of halogens is 1. The summed E-state index contributed by atoms with van der Waals surface area (Å²) in [6, 6.07) is 12.7. The fourth-order valence-electron chi connectivity index (χ4n) is 1.65. The van der Waals surface area contributed by atoms with Crippen LogP contribution in [0.3, 0.4) is 0 Å². The molecule has 0 amide bonds. The van der Waals surface area contributed by atoms with E-state index in [2.05, 4.69) is 0 Å². The van der Waals surface area contributed by atoms with Gasteiger partial charge < -0.3 is 0 Å². The molecule has 2 aromatic rings. The van der Waals surface area contributed by atoms with Crippen molar-refractivity contribution < 1.29 is 9.72 Å². The third-order valence-corrected chi connectivity index (χ3v) is 2.85. The third-order valence-electron chi connectivity index (χ3n) is 2.62. The molecule has 100 valence electrons. The van der Waals surface area contributed by atoms with Crippen molar-refractivity contribution in [2.45, 2.75) is 0 Å². The first-order chi connectivity index (χ1) is 9.56. The van der Waals surface area contributed by atoms with Gasteiger partial charge >= 0.3 is 0 Å². The third kappa shape index (κ3) is 3.52. The molecular formula is C15H10ClNO3. The van der Waals surface area contributed by atoms with E-state index < -0.39 is 4.92 Å². The molecule has 0 heterocycles. The average molecular weight is 288 g/mol. The van der Waals surface area contributed by atoms with Crippen molar-refractivity contribution in [1.82, 2.24) is 0 Å². The summed E-state index contributed by atoms with van der Waals surface area (Å²) in [6.07, 6.45) is 2.90. The number of hydrogen-bond donors (Lipinski definition) is 0. The first-order valence-corrected chi connectivity index (χ1v) is 6.16. The van der Waals surface area contributed by atoms with Crippen molar-refractivity contribution in [2.75, 3.05) is 0 Å². The van der Waals surface area contributed by atoms with Crippen molar-refractivity contribution in [3.8, 4) is 0 Å². The minimum absolute atomic E-state index is 0.0117. The van der Waals surface area contributed by atoms with Gasteiger partial charge in [-0.1, -0.05) is 41.9 Å². The SMILES string of the molecule is O=C(/C=C/c1cccc([N+](=O)[O-])c1)c1cccc(Cl)c1. The van der Waals surface area contributed by atoms with Gasteiger partial charge in [0.2, 0.25) is 0 Å². The van der Waals surface area contributed by atoms with Crippen molar-refractivity contribution in [1.29, 1.82) is 0 Å². The Morgan fingerprint density at radius 1 is 1.15 bits per heavy atom. The summed E-state index contributed by atoms with van der Waals surface area (Å²) in [4.78, 5) is 22.1. The van der Waals surface area contributed by atoms with Crippen LogP contribution in [0.15, 0.2) is 54.6 Å². The Bertz CT molecular complexity index is 695. The van der Waals surface area contributed by atoms with E-state index in [1.54, 1.807) is 36.4 Å². The maximum Gasteiger partial charge on any atom is 0.270 e. The first-order valence-electron chi connectivity index (χ1n) is 5.79. The van der Waals surface area contributed by atoms with Crippen molar-refractivity contribution in [2.24, 2.45) is 0 Å². The van der Waals surface area contributed by atoms with Gasteiger partial charge in [-0.3, -0.25) is 14.9 Å². The summed E-state index contributed by atoms with van der Waals surface area (Å²) in [5.74, 6) is -0.209. The smallest absolute Gasteiger partial charge is 0.270 e. The van der Waals surface area contributed by atoms with E-state index >= 15 is 0 Å². The Balaban J connectivity index is 2.19. The van der Waals surface area contributed by atoms with Crippen LogP contribution < -0.4 is 0 Å². The molecule has 0 aliphatic carbocycles. The molecule has 5 heteroatoms. The summed E-state index contributed by atoms with van der Waals surface area (Å²) in [7, 11) is 0. The van der Waals surface area contributed by atoms with E-state index in [-0.39, 0.29) is 11.5 Å². The number of ketones is 1. The van der Waals surface area contributed by atoms with Gasteiger partial charge in [-0.05, 0) is 23.8 Å². The van der Waals surface area contributed by atoms with Crippen molar-refractivity contribution in [3.05, 3.63) is 80.9 Å². The van der Waals surface area contributed by atoms with E-state index in [1.165, 1.54) is 24.3 Å². The Labute approximate surface area is 120 Å². The Morgan fingerprint density at radius 3 is 2.60 bits per heavy atom. The highest BCUT2D eigenvalue weighted by atomic mass is 35.5. The normalized spacial score (nSPS) is 10.7. The zero-order chi connectivity index (χ0) is 14.5. The van der Waals surface area contributed by atoms with E-state index in [1.807, 2.05) is 0 Å². The van der Waals surface area contributed by atoms with Crippen LogP contribution in [0.5, 0.6) is 0 Å².